The molecule has 1 aromatic heterocycles. The van der Waals surface area contributed by atoms with Crippen LogP contribution in [-0.4, -0.2) is 59.8 Å². The second kappa shape index (κ2) is 7.89. The Balaban J connectivity index is 2.10. The van der Waals surface area contributed by atoms with Crippen molar-refractivity contribution >= 4 is 16.8 Å². The summed E-state index contributed by atoms with van der Waals surface area (Å²) in [6.45, 7) is 6.80. The van der Waals surface area contributed by atoms with Gasteiger partial charge < -0.3 is 25.0 Å². The third-order valence-electron chi connectivity index (χ3n) is 3.89. The van der Waals surface area contributed by atoms with Crippen LogP contribution in [0.4, 0.5) is 0 Å². The van der Waals surface area contributed by atoms with Gasteiger partial charge in [-0.05, 0) is 38.5 Å². The van der Waals surface area contributed by atoms with Gasteiger partial charge in [-0.3, -0.25) is 4.79 Å². The molecule has 0 spiro atoms. The van der Waals surface area contributed by atoms with Crippen molar-refractivity contribution in [2.45, 2.75) is 38.8 Å². The Morgan fingerprint density at radius 1 is 1.36 bits per heavy atom. The lowest BCUT2D eigenvalue weighted by molar-refractivity contribution is -0.127. The van der Waals surface area contributed by atoms with E-state index in [0.29, 0.717) is 18.7 Å². The number of rotatable bonds is 7. The van der Waals surface area contributed by atoms with Gasteiger partial charge >= 0.3 is 0 Å². The zero-order chi connectivity index (χ0) is 18.6. The summed E-state index contributed by atoms with van der Waals surface area (Å²) in [5.41, 5.74) is 1.76. The molecule has 25 heavy (non-hydrogen) atoms. The number of likely N-dealkylation sites (N-methyl/N-ethyl adjacent to an activating group) is 1. The first-order valence-electron chi connectivity index (χ1n) is 8.52. The van der Waals surface area contributed by atoms with Crippen molar-refractivity contribution in [2.24, 2.45) is 0 Å². The van der Waals surface area contributed by atoms with E-state index in [9.17, 15) is 9.90 Å². The number of carbonyl (C=O) groups is 1. The van der Waals surface area contributed by atoms with E-state index in [2.05, 4.69) is 31.1 Å². The molecule has 6 nitrogen and oxygen atoms in total. The second-order valence-electron chi connectivity index (χ2n) is 7.55. The molecule has 3 N–H and O–H groups in total. The summed E-state index contributed by atoms with van der Waals surface area (Å²) in [4.78, 5) is 16.8. The molecule has 0 saturated heterocycles. The van der Waals surface area contributed by atoms with Crippen LogP contribution in [0, 0.1) is 0 Å². The number of hydrogen-bond acceptors (Lipinski definition) is 4. The van der Waals surface area contributed by atoms with Gasteiger partial charge in [-0.25, -0.2) is 0 Å². The van der Waals surface area contributed by atoms with Crippen LogP contribution in [0.3, 0.4) is 0 Å². The molecule has 0 fully saturated rings. The second-order valence-corrected chi connectivity index (χ2v) is 7.55. The van der Waals surface area contributed by atoms with Gasteiger partial charge in [0.05, 0.1) is 6.42 Å². The molecule has 0 saturated carbocycles. The minimum absolute atomic E-state index is 0.0325. The summed E-state index contributed by atoms with van der Waals surface area (Å²) in [7, 11) is 3.49. The highest BCUT2D eigenvalue weighted by Gasteiger charge is 2.16. The number of fused-ring (bicyclic) bond motifs is 1. The molecular formula is C19H29N3O3. The maximum absolute atomic E-state index is 12.0. The molecule has 138 valence electrons. The standard InChI is InChI=1S/C19H29N3O3/c1-19(2,3)21-11-14(23)12-25-16-8-6-7-15-18(16)13(10-20-15)9-17(24)22(4)5/h6-8,10,14,20-21,23H,9,11-12H2,1-5H3. The number of nitrogens with one attached hydrogen (secondary N) is 2. The van der Waals surface area contributed by atoms with Crippen molar-refractivity contribution in [1.82, 2.24) is 15.2 Å². The van der Waals surface area contributed by atoms with Crippen molar-refractivity contribution in [3.05, 3.63) is 30.0 Å². The van der Waals surface area contributed by atoms with Gasteiger partial charge in [0.2, 0.25) is 5.91 Å². The number of amides is 1. The average Bonchev–Trinajstić information content (AvgIpc) is 2.93. The van der Waals surface area contributed by atoms with E-state index in [1.54, 1.807) is 19.0 Å². The Morgan fingerprint density at radius 3 is 2.72 bits per heavy atom. The van der Waals surface area contributed by atoms with Crippen LogP contribution in [-0.2, 0) is 11.2 Å². The van der Waals surface area contributed by atoms with Gasteiger partial charge in [-0.2, -0.15) is 0 Å². The first-order chi connectivity index (χ1) is 11.7. The normalized spacial score (nSPS) is 13.0. The molecule has 0 aliphatic carbocycles. The number of aromatic amines is 1. The van der Waals surface area contributed by atoms with Crippen molar-refractivity contribution < 1.29 is 14.6 Å². The number of hydrogen-bond donors (Lipinski definition) is 3. The highest BCUT2D eigenvalue weighted by Crippen LogP contribution is 2.29. The lowest BCUT2D eigenvalue weighted by Gasteiger charge is -2.23. The number of aliphatic hydroxyl groups excluding tert-OH is 1. The summed E-state index contributed by atoms with van der Waals surface area (Å²) in [5.74, 6) is 0.709. The first kappa shape index (κ1) is 19.3. The van der Waals surface area contributed by atoms with Crippen LogP contribution in [0.15, 0.2) is 24.4 Å². The van der Waals surface area contributed by atoms with Crippen molar-refractivity contribution in [3.63, 3.8) is 0 Å². The van der Waals surface area contributed by atoms with E-state index in [1.807, 2.05) is 24.4 Å². The monoisotopic (exact) mass is 347 g/mol. The van der Waals surface area contributed by atoms with Crippen molar-refractivity contribution in [3.8, 4) is 5.75 Å². The quantitative estimate of drug-likeness (QED) is 0.715. The smallest absolute Gasteiger partial charge is 0.226 e. The lowest BCUT2D eigenvalue weighted by atomic mass is 10.1. The Hall–Kier alpha value is -2.05. The van der Waals surface area contributed by atoms with Crippen LogP contribution in [0.2, 0.25) is 0 Å². The molecule has 1 amide bonds. The van der Waals surface area contributed by atoms with Gasteiger partial charge in [0, 0.05) is 43.3 Å². The molecule has 1 aromatic carbocycles. The highest BCUT2D eigenvalue weighted by molar-refractivity contribution is 5.93. The number of H-pyrrole nitrogens is 1. The summed E-state index contributed by atoms with van der Waals surface area (Å²) in [6.07, 6.45) is 1.54. The van der Waals surface area contributed by atoms with Crippen molar-refractivity contribution in [1.29, 1.82) is 0 Å². The Labute approximate surface area is 149 Å². The molecule has 6 heteroatoms. The fraction of sp³-hybridized carbons (Fsp3) is 0.526. The van der Waals surface area contributed by atoms with E-state index in [1.165, 1.54) is 0 Å². The first-order valence-corrected chi connectivity index (χ1v) is 8.52. The van der Waals surface area contributed by atoms with E-state index >= 15 is 0 Å². The number of carbonyl (C=O) groups excluding carboxylic acids is 1. The van der Waals surface area contributed by atoms with Crippen molar-refractivity contribution in [2.75, 3.05) is 27.2 Å². The van der Waals surface area contributed by atoms with E-state index in [4.69, 9.17) is 4.74 Å². The van der Waals surface area contributed by atoms with Gasteiger partial charge in [-0.1, -0.05) is 6.07 Å². The highest BCUT2D eigenvalue weighted by atomic mass is 16.5. The van der Waals surface area contributed by atoms with Gasteiger partial charge in [0.15, 0.2) is 0 Å². The average molecular weight is 347 g/mol. The van der Waals surface area contributed by atoms with Crippen LogP contribution in [0.25, 0.3) is 10.9 Å². The van der Waals surface area contributed by atoms with Gasteiger partial charge in [-0.15, -0.1) is 0 Å². The molecule has 2 rings (SSSR count). The maximum Gasteiger partial charge on any atom is 0.226 e. The molecule has 0 aliphatic rings. The Kier molecular flexibility index (Phi) is 6.08. The minimum Gasteiger partial charge on any atom is -0.490 e. The molecule has 0 radical (unpaired) electrons. The number of aliphatic hydroxyl groups is 1. The summed E-state index contributed by atoms with van der Waals surface area (Å²) in [5, 5.41) is 14.3. The zero-order valence-corrected chi connectivity index (χ0v) is 15.7. The topological polar surface area (TPSA) is 77.6 Å². The fourth-order valence-electron chi connectivity index (χ4n) is 2.47. The van der Waals surface area contributed by atoms with Crippen LogP contribution in [0.1, 0.15) is 26.3 Å². The molecule has 2 aromatic rings. The van der Waals surface area contributed by atoms with Gasteiger partial charge in [0.1, 0.15) is 18.5 Å². The van der Waals surface area contributed by atoms with Gasteiger partial charge in [0.25, 0.3) is 0 Å². The van der Waals surface area contributed by atoms with Crippen LogP contribution in [0.5, 0.6) is 5.75 Å². The zero-order valence-electron chi connectivity index (χ0n) is 15.7. The van der Waals surface area contributed by atoms with E-state index in [0.717, 1.165) is 16.5 Å². The summed E-state index contributed by atoms with van der Waals surface area (Å²) < 4.78 is 5.85. The summed E-state index contributed by atoms with van der Waals surface area (Å²) >= 11 is 0. The van der Waals surface area contributed by atoms with E-state index < -0.39 is 6.10 Å². The molecule has 0 bridgehead atoms. The number of benzene rings is 1. The molecular weight excluding hydrogens is 318 g/mol. The van der Waals surface area contributed by atoms with Crippen LogP contribution < -0.4 is 10.1 Å². The largest absolute Gasteiger partial charge is 0.490 e. The summed E-state index contributed by atoms with van der Waals surface area (Å²) in [6, 6.07) is 5.71. The number of aromatic nitrogens is 1. The predicted molar refractivity (Wildman–Crippen MR) is 100.0 cm³/mol. The molecule has 1 unspecified atom stereocenters. The predicted octanol–water partition coefficient (Wildman–Crippen LogP) is 1.93. The van der Waals surface area contributed by atoms with E-state index in [-0.39, 0.29) is 18.1 Å². The number of nitrogens with zero attached hydrogens (tertiary/aromatic N) is 1. The molecule has 1 atom stereocenters. The molecule has 1 heterocycles. The Bertz CT molecular complexity index is 716. The lowest BCUT2D eigenvalue weighted by Crippen LogP contribution is -2.42. The fourth-order valence-corrected chi connectivity index (χ4v) is 2.47. The third kappa shape index (κ3) is 5.47. The minimum atomic E-state index is -0.611. The number of β-amino-alcohol motifs (C(OH)–C–C–N with tert-alkyl or cyclic N) is 1. The Morgan fingerprint density at radius 2 is 2.08 bits per heavy atom. The molecule has 0 aliphatic heterocycles. The SMILES string of the molecule is CN(C)C(=O)Cc1c[nH]c2cccc(OCC(O)CNC(C)(C)C)c12. The maximum atomic E-state index is 12.0. The number of ether oxygens (including phenoxy) is 1. The van der Waals surface area contributed by atoms with Crippen LogP contribution >= 0.6 is 0 Å². The third-order valence-corrected chi connectivity index (χ3v) is 3.89.